The van der Waals surface area contributed by atoms with Crippen molar-refractivity contribution in [1.82, 2.24) is 5.32 Å². The largest absolute Gasteiger partial charge is 0.494 e. The van der Waals surface area contributed by atoms with Gasteiger partial charge in [-0.05, 0) is 62.4 Å². The van der Waals surface area contributed by atoms with Gasteiger partial charge in [-0.25, -0.2) is 0 Å². The highest BCUT2D eigenvalue weighted by Crippen LogP contribution is 2.37. The van der Waals surface area contributed by atoms with Gasteiger partial charge in [-0.3, -0.25) is 4.79 Å². The van der Waals surface area contributed by atoms with Crippen LogP contribution in [0.5, 0.6) is 11.5 Å². The molecule has 0 aliphatic carbocycles. The fraction of sp³-hybridized carbons (Fsp3) is 0.370. The molecular formula is C27H33NO4. The zero-order chi connectivity index (χ0) is 23.1. The first-order valence-electron chi connectivity index (χ1n) is 11.3. The third kappa shape index (κ3) is 5.72. The molecule has 0 saturated carbocycles. The van der Waals surface area contributed by atoms with Crippen molar-refractivity contribution in [3.05, 3.63) is 54.3 Å². The van der Waals surface area contributed by atoms with Crippen LogP contribution < -0.4 is 14.8 Å². The van der Waals surface area contributed by atoms with Gasteiger partial charge in [0.1, 0.15) is 17.1 Å². The lowest BCUT2D eigenvalue weighted by Crippen LogP contribution is -2.23. The van der Waals surface area contributed by atoms with Crippen molar-refractivity contribution >= 4 is 22.4 Å². The number of nitrogens with one attached hydrogen (secondary N) is 1. The minimum absolute atomic E-state index is 0.0929. The van der Waals surface area contributed by atoms with Crippen molar-refractivity contribution in [2.75, 3.05) is 19.8 Å². The first-order valence-corrected chi connectivity index (χ1v) is 11.3. The molecule has 0 saturated heterocycles. The molecule has 0 aliphatic heterocycles. The topological polar surface area (TPSA) is 60.7 Å². The lowest BCUT2D eigenvalue weighted by molar-refractivity contribution is -0.116. The minimum atomic E-state index is -0.0929. The molecule has 5 heteroatoms. The summed E-state index contributed by atoms with van der Waals surface area (Å²) in [7, 11) is 0. The Morgan fingerprint density at radius 3 is 2.47 bits per heavy atom. The summed E-state index contributed by atoms with van der Waals surface area (Å²) in [6.07, 6.45) is 4.35. The third-order valence-electron chi connectivity index (χ3n) is 5.25. The van der Waals surface area contributed by atoms with E-state index in [1.807, 2.05) is 57.2 Å². The fourth-order valence-electron chi connectivity index (χ4n) is 3.57. The van der Waals surface area contributed by atoms with Crippen molar-refractivity contribution in [3.8, 4) is 22.6 Å². The van der Waals surface area contributed by atoms with E-state index >= 15 is 0 Å². The molecule has 170 valence electrons. The average Bonchev–Trinajstić information content (AvgIpc) is 3.16. The molecule has 3 rings (SSSR count). The molecule has 0 aliphatic rings. The number of hydrogen-bond donors (Lipinski definition) is 1. The maximum atomic E-state index is 12.4. The number of benzene rings is 2. The second-order valence-electron chi connectivity index (χ2n) is 8.19. The lowest BCUT2D eigenvalue weighted by Gasteiger charge is -2.12. The highest BCUT2D eigenvalue weighted by molar-refractivity contribution is 6.00. The van der Waals surface area contributed by atoms with Gasteiger partial charge in [0.25, 0.3) is 0 Å². The summed E-state index contributed by atoms with van der Waals surface area (Å²) >= 11 is 0. The van der Waals surface area contributed by atoms with E-state index in [0.717, 1.165) is 45.4 Å². The van der Waals surface area contributed by atoms with Crippen LogP contribution in [0.25, 0.3) is 27.7 Å². The normalized spacial score (nSPS) is 11.8. The van der Waals surface area contributed by atoms with Crippen LogP contribution in [0.4, 0.5) is 0 Å². The van der Waals surface area contributed by atoms with Crippen molar-refractivity contribution in [3.63, 3.8) is 0 Å². The monoisotopic (exact) mass is 435 g/mol. The first-order chi connectivity index (χ1) is 15.4. The van der Waals surface area contributed by atoms with Crippen molar-refractivity contribution in [2.45, 2.75) is 41.0 Å². The zero-order valence-corrected chi connectivity index (χ0v) is 19.7. The molecule has 2 aromatic carbocycles. The molecule has 32 heavy (non-hydrogen) atoms. The maximum absolute atomic E-state index is 12.4. The van der Waals surface area contributed by atoms with Gasteiger partial charge < -0.3 is 19.2 Å². The Labute approximate surface area is 190 Å². The molecule has 0 bridgehead atoms. The number of carbonyl (C=O) groups excluding carboxylic acids is 1. The molecule has 0 fully saturated rings. The highest BCUT2D eigenvalue weighted by Gasteiger charge is 2.15. The Morgan fingerprint density at radius 2 is 1.81 bits per heavy atom. The molecule has 1 N–H and O–H groups in total. The molecule has 1 heterocycles. The highest BCUT2D eigenvalue weighted by atomic mass is 16.5. The van der Waals surface area contributed by atoms with Gasteiger partial charge in [-0.15, -0.1) is 0 Å². The Hall–Kier alpha value is -3.21. The Balaban J connectivity index is 1.95. The van der Waals surface area contributed by atoms with Gasteiger partial charge >= 0.3 is 0 Å². The number of amides is 1. The average molecular weight is 436 g/mol. The Bertz CT molecular complexity index is 1080. The van der Waals surface area contributed by atoms with E-state index in [1.54, 1.807) is 12.3 Å². The second-order valence-corrected chi connectivity index (χ2v) is 8.19. The predicted molar refractivity (Wildman–Crippen MR) is 130 cm³/mol. The second kappa shape index (κ2) is 10.9. The van der Waals surface area contributed by atoms with E-state index in [2.05, 4.69) is 19.2 Å². The van der Waals surface area contributed by atoms with E-state index in [9.17, 15) is 4.79 Å². The molecule has 0 spiro atoms. The van der Waals surface area contributed by atoms with Gasteiger partial charge in [0.2, 0.25) is 5.91 Å². The molecular weight excluding hydrogens is 402 g/mol. The van der Waals surface area contributed by atoms with Gasteiger partial charge in [-0.2, -0.15) is 0 Å². The van der Waals surface area contributed by atoms with Crippen LogP contribution >= 0.6 is 0 Å². The van der Waals surface area contributed by atoms with Crippen LogP contribution in [0.1, 0.15) is 46.6 Å². The van der Waals surface area contributed by atoms with E-state index in [-0.39, 0.29) is 5.91 Å². The smallest absolute Gasteiger partial charge is 0.244 e. The molecule has 5 nitrogen and oxygen atoms in total. The van der Waals surface area contributed by atoms with Crippen LogP contribution in [0, 0.1) is 5.92 Å². The molecule has 0 atom stereocenters. The van der Waals surface area contributed by atoms with E-state index in [0.29, 0.717) is 31.4 Å². The van der Waals surface area contributed by atoms with Crippen molar-refractivity contribution in [1.29, 1.82) is 0 Å². The number of rotatable bonds is 10. The fourth-order valence-corrected chi connectivity index (χ4v) is 3.57. The van der Waals surface area contributed by atoms with Crippen LogP contribution in [0.15, 0.2) is 53.2 Å². The van der Waals surface area contributed by atoms with Gasteiger partial charge in [-0.1, -0.05) is 26.0 Å². The number of furan rings is 1. The number of ether oxygens (including phenoxy) is 2. The number of hydrogen-bond acceptors (Lipinski definition) is 4. The zero-order valence-electron chi connectivity index (χ0n) is 19.7. The summed E-state index contributed by atoms with van der Waals surface area (Å²) in [4.78, 5) is 12.4. The van der Waals surface area contributed by atoms with Gasteiger partial charge in [0.05, 0.1) is 19.5 Å². The van der Waals surface area contributed by atoms with E-state index < -0.39 is 0 Å². The lowest BCUT2D eigenvalue weighted by atomic mass is 9.99. The van der Waals surface area contributed by atoms with Crippen LogP contribution in [-0.2, 0) is 4.79 Å². The first kappa shape index (κ1) is 23.5. The number of fused-ring (bicyclic) bond motifs is 1. The van der Waals surface area contributed by atoms with E-state index in [1.165, 1.54) is 0 Å². The van der Waals surface area contributed by atoms with Crippen molar-refractivity contribution in [2.24, 2.45) is 5.92 Å². The molecule has 0 unspecified atom stereocenters. The number of carbonyl (C=O) groups is 1. The van der Waals surface area contributed by atoms with Crippen LogP contribution in [-0.4, -0.2) is 25.7 Å². The van der Waals surface area contributed by atoms with Gasteiger partial charge in [0.15, 0.2) is 0 Å². The summed E-state index contributed by atoms with van der Waals surface area (Å²) in [6, 6.07) is 11.9. The predicted octanol–water partition coefficient (Wildman–Crippen LogP) is 6.46. The standard InChI is InChI=1S/C27H33NO4/c1-6-30-21-10-8-20(9-11-21)24-17-32-26-16-25(31-7-2)22(15-23(24)26)19(5)14-27(29)28-13-12-18(3)4/h8-11,14-18H,6-7,12-13H2,1-5H3,(H,28,29)/b19-14+. The molecule has 1 amide bonds. The van der Waals surface area contributed by atoms with E-state index in [4.69, 9.17) is 13.9 Å². The summed E-state index contributed by atoms with van der Waals surface area (Å²) in [5.41, 5.74) is 4.50. The minimum Gasteiger partial charge on any atom is -0.494 e. The molecule has 0 radical (unpaired) electrons. The Kier molecular flexibility index (Phi) is 7.98. The summed E-state index contributed by atoms with van der Waals surface area (Å²) in [5.74, 6) is 2.00. The van der Waals surface area contributed by atoms with Crippen LogP contribution in [0.2, 0.25) is 0 Å². The third-order valence-corrected chi connectivity index (χ3v) is 5.25. The number of allylic oxidation sites excluding steroid dienone is 1. The maximum Gasteiger partial charge on any atom is 0.244 e. The van der Waals surface area contributed by atoms with Crippen molar-refractivity contribution < 1.29 is 18.7 Å². The molecule has 3 aromatic rings. The molecule has 1 aromatic heterocycles. The summed E-state index contributed by atoms with van der Waals surface area (Å²) < 4.78 is 17.3. The van der Waals surface area contributed by atoms with Crippen LogP contribution in [0.3, 0.4) is 0 Å². The quantitative estimate of drug-likeness (QED) is 0.371. The summed E-state index contributed by atoms with van der Waals surface area (Å²) in [6.45, 7) is 12.0. The Morgan fingerprint density at radius 1 is 1.09 bits per heavy atom. The SMILES string of the molecule is CCOc1ccc(-c2coc3cc(OCC)c(/C(C)=C/C(=O)NCCC(C)C)cc23)cc1. The summed E-state index contributed by atoms with van der Waals surface area (Å²) in [5, 5.41) is 3.94. The van der Waals surface area contributed by atoms with Gasteiger partial charge in [0, 0.05) is 35.2 Å².